The van der Waals surface area contributed by atoms with Gasteiger partial charge in [-0.05, 0) is 38.0 Å². The first kappa shape index (κ1) is 32.0. The molecule has 0 aromatic carbocycles. The molecule has 1 amide bonds. The smallest absolute Gasteiger partial charge is 0.488 e. The highest BCUT2D eigenvalue weighted by Crippen LogP contribution is 2.30. The zero-order valence-electron chi connectivity index (χ0n) is 21.7. The molecule has 11 nitrogen and oxygen atoms in total. The zero-order valence-corrected chi connectivity index (χ0v) is 21.7. The van der Waals surface area contributed by atoms with E-state index in [1.54, 1.807) is 30.6 Å². The number of piperidine rings is 1. The molecule has 3 aromatic rings. The third-order valence-corrected chi connectivity index (χ3v) is 5.52. The van der Waals surface area contributed by atoms with E-state index in [4.69, 9.17) is 19.4 Å². The molecule has 3 N–H and O–H groups in total. The third-order valence-electron chi connectivity index (χ3n) is 5.52. The van der Waals surface area contributed by atoms with E-state index in [1.807, 2.05) is 6.92 Å². The van der Waals surface area contributed by atoms with Crippen molar-refractivity contribution in [3.05, 3.63) is 54.7 Å². The minimum Gasteiger partial charge on any atom is -0.488 e. The summed E-state index contributed by atoms with van der Waals surface area (Å²) in [5.41, 5.74) is 0.750. The maximum atomic E-state index is 12.8. The van der Waals surface area contributed by atoms with Gasteiger partial charge in [0, 0.05) is 42.9 Å². The number of aromatic nitrogens is 4. The Bertz CT molecular complexity index is 1350. The molecule has 3 aromatic heterocycles. The van der Waals surface area contributed by atoms with Crippen molar-refractivity contribution in [2.45, 2.75) is 44.2 Å². The van der Waals surface area contributed by atoms with Crippen LogP contribution in [0.2, 0.25) is 0 Å². The maximum Gasteiger partial charge on any atom is 0.490 e. The van der Waals surface area contributed by atoms with Crippen LogP contribution in [0.5, 0.6) is 17.4 Å². The van der Waals surface area contributed by atoms with Gasteiger partial charge in [-0.2, -0.15) is 26.3 Å². The Labute approximate surface area is 234 Å². The second-order valence-corrected chi connectivity index (χ2v) is 8.60. The van der Waals surface area contributed by atoms with E-state index >= 15 is 0 Å². The van der Waals surface area contributed by atoms with Gasteiger partial charge >= 0.3 is 18.3 Å². The Balaban J connectivity index is 0.000000616. The third kappa shape index (κ3) is 9.25. The fourth-order valence-corrected chi connectivity index (χ4v) is 3.55. The van der Waals surface area contributed by atoms with E-state index in [1.165, 1.54) is 18.6 Å². The number of nitrogens with one attached hydrogen (secondary N) is 2. The standard InChI is InChI=1S/C23H23F3N6O3.C2HF3O2/c1-2-34-18-4-3-7-28-22(18)35-17-8-14(9-27-13-17)20-30-10-15(11-31-20)21(33)32-16-5-6-19(29-12-16)23(24,25)26;3-2(4,5)1(6)7/h3-4,7-11,13,16,19,29H,2,5-6,12H2,1H3,(H,32,33);(H,6,7). The van der Waals surface area contributed by atoms with Crippen LogP contribution in [0.1, 0.15) is 30.1 Å². The number of nitrogens with zero attached hydrogens (tertiary/aromatic N) is 4. The lowest BCUT2D eigenvalue weighted by Crippen LogP contribution is -2.54. The summed E-state index contributed by atoms with van der Waals surface area (Å²) in [6.07, 6.45) is -1.90. The molecule has 0 bridgehead atoms. The lowest BCUT2D eigenvalue weighted by Gasteiger charge is -2.31. The summed E-state index contributed by atoms with van der Waals surface area (Å²) >= 11 is 0. The first-order chi connectivity index (χ1) is 19.8. The Morgan fingerprint density at radius 3 is 2.33 bits per heavy atom. The SMILES string of the molecule is CCOc1cccnc1Oc1cncc(-c2ncc(C(=O)NC3CCC(C(F)(F)F)NC3)cn2)c1.O=C(O)C(F)(F)F. The molecule has 2 unspecified atom stereocenters. The fourth-order valence-electron chi connectivity index (χ4n) is 3.55. The number of rotatable bonds is 7. The van der Waals surface area contributed by atoms with Crippen molar-refractivity contribution in [2.75, 3.05) is 13.2 Å². The number of alkyl halides is 6. The molecule has 0 saturated carbocycles. The molecule has 17 heteroatoms. The van der Waals surface area contributed by atoms with Crippen molar-refractivity contribution in [3.8, 4) is 28.8 Å². The van der Waals surface area contributed by atoms with Gasteiger partial charge in [-0.1, -0.05) is 0 Å². The van der Waals surface area contributed by atoms with Crippen molar-refractivity contribution in [3.63, 3.8) is 0 Å². The van der Waals surface area contributed by atoms with Crippen LogP contribution >= 0.6 is 0 Å². The van der Waals surface area contributed by atoms with Gasteiger partial charge in [-0.25, -0.2) is 19.7 Å². The number of hydrogen-bond donors (Lipinski definition) is 3. The van der Waals surface area contributed by atoms with Crippen LogP contribution in [0.15, 0.2) is 49.2 Å². The van der Waals surface area contributed by atoms with Crippen molar-refractivity contribution in [1.29, 1.82) is 0 Å². The lowest BCUT2D eigenvalue weighted by molar-refractivity contribution is -0.192. The summed E-state index contributed by atoms with van der Waals surface area (Å²) in [6, 6.07) is 3.20. The number of carboxylic acids is 1. The summed E-state index contributed by atoms with van der Waals surface area (Å²) < 4.78 is 81.4. The van der Waals surface area contributed by atoms with Gasteiger partial charge in [0.15, 0.2) is 11.6 Å². The van der Waals surface area contributed by atoms with E-state index in [-0.39, 0.29) is 24.9 Å². The number of amides is 1. The average Bonchev–Trinajstić information content (AvgIpc) is 2.94. The monoisotopic (exact) mass is 602 g/mol. The van der Waals surface area contributed by atoms with Crippen LogP contribution in [0.4, 0.5) is 26.3 Å². The molecule has 1 aliphatic rings. The minimum absolute atomic E-state index is 0.0363. The van der Waals surface area contributed by atoms with Gasteiger partial charge in [0.2, 0.25) is 0 Å². The van der Waals surface area contributed by atoms with Crippen LogP contribution in [-0.4, -0.2) is 74.5 Å². The first-order valence-corrected chi connectivity index (χ1v) is 12.2. The molecule has 4 heterocycles. The van der Waals surface area contributed by atoms with Gasteiger partial charge in [0.25, 0.3) is 11.8 Å². The topological polar surface area (TPSA) is 148 Å². The molecule has 42 heavy (non-hydrogen) atoms. The minimum atomic E-state index is -5.08. The number of ether oxygens (including phenoxy) is 2. The fraction of sp³-hybridized carbons (Fsp3) is 0.360. The normalized spacial score (nSPS) is 16.9. The van der Waals surface area contributed by atoms with Gasteiger partial charge in [0.05, 0.1) is 18.4 Å². The summed E-state index contributed by atoms with van der Waals surface area (Å²) in [6.45, 7) is 2.35. The van der Waals surface area contributed by atoms with Crippen LogP contribution in [0.3, 0.4) is 0 Å². The Morgan fingerprint density at radius 1 is 1.07 bits per heavy atom. The highest BCUT2D eigenvalue weighted by atomic mass is 19.4. The maximum absolute atomic E-state index is 12.8. The Kier molecular flexibility index (Phi) is 10.6. The van der Waals surface area contributed by atoms with E-state index in [2.05, 4.69) is 30.6 Å². The largest absolute Gasteiger partial charge is 0.490 e. The predicted octanol–water partition coefficient (Wildman–Crippen LogP) is 4.17. The number of aliphatic carboxylic acids is 1. The molecule has 1 saturated heterocycles. The number of carboxylic acid groups (broad SMARTS) is 1. The van der Waals surface area contributed by atoms with Crippen molar-refractivity contribution >= 4 is 11.9 Å². The first-order valence-electron chi connectivity index (χ1n) is 12.2. The van der Waals surface area contributed by atoms with Gasteiger partial charge < -0.3 is 25.2 Å². The Morgan fingerprint density at radius 2 is 1.76 bits per heavy atom. The molecular formula is C25H24F6N6O5. The molecule has 1 fully saturated rings. The molecule has 2 atom stereocenters. The summed E-state index contributed by atoms with van der Waals surface area (Å²) in [5, 5.41) is 12.3. The highest BCUT2D eigenvalue weighted by molar-refractivity contribution is 5.93. The highest BCUT2D eigenvalue weighted by Gasteiger charge is 2.41. The number of halogens is 6. The summed E-state index contributed by atoms with van der Waals surface area (Å²) in [7, 11) is 0. The number of carbonyl (C=O) groups is 2. The molecular weight excluding hydrogens is 578 g/mol. The van der Waals surface area contributed by atoms with Gasteiger partial charge in [0.1, 0.15) is 11.8 Å². The van der Waals surface area contributed by atoms with Crippen molar-refractivity contribution in [1.82, 2.24) is 30.6 Å². The zero-order chi connectivity index (χ0) is 30.9. The van der Waals surface area contributed by atoms with E-state index in [0.717, 1.165) is 0 Å². The van der Waals surface area contributed by atoms with Gasteiger partial charge in [-0.3, -0.25) is 9.78 Å². The second kappa shape index (κ2) is 13.9. The number of pyridine rings is 2. The summed E-state index contributed by atoms with van der Waals surface area (Å²) in [5.74, 6) is -1.71. The van der Waals surface area contributed by atoms with Crippen LogP contribution < -0.4 is 20.1 Å². The molecule has 1 aliphatic heterocycles. The Hall–Kier alpha value is -4.54. The van der Waals surface area contributed by atoms with Gasteiger partial charge in [-0.15, -0.1) is 0 Å². The van der Waals surface area contributed by atoms with E-state index < -0.39 is 36.3 Å². The molecule has 4 rings (SSSR count). The van der Waals surface area contributed by atoms with Crippen LogP contribution in [0.25, 0.3) is 11.4 Å². The average molecular weight is 602 g/mol. The molecule has 0 spiro atoms. The van der Waals surface area contributed by atoms with E-state index in [0.29, 0.717) is 35.4 Å². The van der Waals surface area contributed by atoms with Crippen LogP contribution in [-0.2, 0) is 4.79 Å². The predicted molar refractivity (Wildman–Crippen MR) is 133 cm³/mol. The molecule has 226 valence electrons. The second-order valence-electron chi connectivity index (χ2n) is 8.60. The molecule has 0 aliphatic carbocycles. The number of carbonyl (C=O) groups excluding carboxylic acids is 1. The quantitative estimate of drug-likeness (QED) is 0.337. The number of hydrogen-bond acceptors (Lipinski definition) is 9. The van der Waals surface area contributed by atoms with Crippen molar-refractivity contribution < 1.29 is 50.5 Å². The van der Waals surface area contributed by atoms with Crippen molar-refractivity contribution in [2.24, 2.45) is 0 Å². The van der Waals surface area contributed by atoms with Crippen LogP contribution in [0, 0.1) is 0 Å². The molecule has 0 radical (unpaired) electrons. The lowest BCUT2D eigenvalue weighted by atomic mass is 10.00. The summed E-state index contributed by atoms with van der Waals surface area (Å²) in [4.78, 5) is 38.2. The van der Waals surface area contributed by atoms with E-state index in [9.17, 15) is 31.1 Å².